The van der Waals surface area contributed by atoms with Crippen LogP contribution in [-0.2, 0) is 17.1 Å². The summed E-state index contributed by atoms with van der Waals surface area (Å²) in [5, 5.41) is 18.2. The second-order valence-electron chi connectivity index (χ2n) is 5.61. The molecule has 1 aromatic carbocycles. The van der Waals surface area contributed by atoms with Gasteiger partial charge in [0.25, 0.3) is 5.56 Å². The average Bonchev–Trinajstić information content (AvgIpc) is 2.60. The standard InChI is InChI=1S/C16H12F2N2O5S/c1-7-11-6-26-12(15(23)24)5-19(11)16(25)20(14(7)22)4-8-2-9(17)13(21)10(18)3-8/h2-3,5,21H,4,6H2,1H3,(H,23,24). The molecular weight excluding hydrogens is 370 g/mol. The van der Waals surface area contributed by atoms with Gasteiger partial charge in [-0.05, 0) is 24.6 Å². The maximum Gasteiger partial charge on any atom is 0.343 e. The highest BCUT2D eigenvalue weighted by molar-refractivity contribution is 8.03. The number of thioether (sulfide) groups is 1. The molecule has 3 rings (SSSR count). The van der Waals surface area contributed by atoms with Gasteiger partial charge in [-0.1, -0.05) is 0 Å². The van der Waals surface area contributed by atoms with Gasteiger partial charge in [0.15, 0.2) is 17.4 Å². The van der Waals surface area contributed by atoms with Gasteiger partial charge in [-0.25, -0.2) is 18.4 Å². The highest BCUT2D eigenvalue weighted by Crippen LogP contribution is 2.27. The number of benzene rings is 1. The predicted octanol–water partition coefficient (Wildman–Crippen LogP) is 1.48. The van der Waals surface area contributed by atoms with Crippen LogP contribution in [0.15, 0.2) is 26.6 Å². The Bertz CT molecular complexity index is 1060. The third-order valence-electron chi connectivity index (χ3n) is 3.97. The Labute approximate surface area is 148 Å². The number of carboxylic acid groups (broad SMARTS) is 1. The molecule has 136 valence electrons. The molecule has 10 heteroatoms. The molecule has 0 unspecified atom stereocenters. The van der Waals surface area contributed by atoms with Gasteiger partial charge in [0.2, 0.25) is 0 Å². The van der Waals surface area contributed by atoms with Gasteiger partial charge < -0.3 is 10.2 Å². The molecule has 26 heavy (non-hydrogen) atoms. The third-order valence-corrected chi connectivity index (χ3v) is 4.97. The second-order valence-corrected chi connectivity index (χ2v) is 6.63. The predicted molar refractivity (Wildman–Crippen MR) is 90.0 cm³/mol. The number of aromatic nitrogens is 2. The first kappa shape index (κ1) is 17.9. The van der Waals surface area contributed by atoms with Crippen LogP contribution < -0.4 is 11.2 Å². The molecular formula is C16H12F2N2O5S. The number of hydrogen-bond donors (Lipinski definition) is 2. The van der Waals surface area contributed by atoms with Crippen molar-refractivity contribution in [3.8, 4) is 5.75 Å². The van der Waals surface area contributed by atoms with Gasteiger partial charge in [-0.3, -0.25) is 13.9 Å². The molecule has 0 aliphatic carbocycles. The van der Waals surface area contributed by atoms with Gasteiger partial charge in [-0.2, -0.15) is 0 Å². The van der Waals surface area contributed by atoms with E-state index in [9.17, 15) is 23.2 Å². The lowest BCUT2D eigenvalue weighted by Gasteiger charge is -2.19. The van der Waals surface area contributed by atoms with E-state index in [1.54, 1.807) is 0 Å². The van der Waals surface area contributed by atoms with Crippen molar-refractivity contribution in [3.05, 3.63) is 66.3 Å². The fourth-order valence-electron chi connectivity index (χ4n) is 2.60. The molecule has 7 nitrogen and oxygen atoms in total. The SMILES string of the molecule is Cc1c2n(c(=O)n(Cc3cc(F)c(O)c(F)c3)c1=O)C=C(C(=O)O)SC2. The van der Waals surface area contributed by atoms with Crippen molar-refractivity contribution >= 4 is 23.9 Å². The first-order chi connectivity index (χ1) is 12.2. The number of carbonyl (C=O) groups is 1. The van der Waals surface area contributed by atoms with Gasteiger partial charge in [0, 0.05) is 23.2 Å². The molecule has 0 amide bonds. The van der Waals surface area contributed by atoms with Crippen LogP contribution in [0.5, 0.6) is 5.75 Å². The summed E-state index contributed by atoms with van der Waals surface area (Å²) in [4.78, 5) is 36.2. The lowest BCUT2D eigenvalue weighted by Crippen LogP contribution is -2.42. The van der Waals surface area contributed by atoms with Crippen LogP contribution in [0.25, 0.3) is 6.20 Å². The molecule has 0 fully saturated rings. The highest BCUT2D eigenvalue weighted by Gasteiger charge is 2.23. The monoisotopic (exact) mass is 382 g/mol. The largest absolute Gasteiger partial charge is 0.503 e. The highest BCUT2D eigenvalue weighted by atomic mass is 32.2. The van der Waals surface area contributed by atoms with Crippen molar-refractivity contribution in [2.24, 2.45) is 0 Å². The molecule has 0 radical (unpaired) electrons. The van der Waals surface area contributed by atoms with Crippen LogP contribution in [0.3, 0.4) is 0 Å². The zero-order valence-corrected chi connectivity index (χ0v) is 14.1. The average molecular weight is 382 g/mol. The van der Waals surface area contributed by atoms with E-state index in [-0.39, 0.29) is 21.8 Å². The maximum atomic E-state index is 13.5. The minimum Gasteiger partial charge on any atom is -0.503 e. The quantitative estimate of drug-likeness (QED) is 0.834. The number of halogens is 2. The molecule has 0 spiro atoms. The maximum absolute atomic E-state index is 13.5. The van der Waals surface area contributed by atoms with E-state index in [0.717, 1.165) is 39.2 Å². The molecule has 0 atom stereocenters. The van der Waals surface area contributed by atoms with Gasteiger partial charge >= 0.3 is 11.7 Å². The van der Waals surface area contributed by atoms with Crippen LogP contribution in [0.4, 0.5) is 8.78 Å². The van der Waals surface area contributed by atoms with E-state index >= 15 is 0 Å². The van der Waals surface area contributed by atoms with E-state index in [2.05, 4.69) is 0 Å². The van der Waals surface area contributed by atoms with Gasteiger partial charge in [0.1, 0.15) is 4.91 Å². The summed E-state index contributed by atoms with van der Waals surface area (Å²) in [7, 11) is 0. The summed E-state index contributed by atoms with van der Waals surface area (Å²) in [6.07, 6.45) is 1.12. The minimum atomic E-state index is -1.22. The molecule has 2 N–H and O–H groups in total. The molecule has 0 saturated heterocycles. The van der Waals surface area contributed by atoms with E-state index in [1.165, 1.54) is 6.92 Å². The number of carboxylic acids is 1. The topological polar surface area (TPSA) is 102 Å². The van der Waals surface area contributed by atoms with Crippen LogP contribution in [0, 0.1) is 18.6 Å². The fraction of sp³-hybridized carbons (Fsp3) is 0.188. The number of aliphatic carboxylic acids is 1. The Morgan fingerprint density at radius 2 is 1.88 bits per heavy atom. The molecule has 0 bridgehead atoms. The molecule has 2 heterocycles. The van der Waals surface area contributed by atoms with Crippen molar-refractivity contribution in [1.29, 1.82) is 0 Å². The number of phenols is 1. The van der Waals surface area contributed by atoms with E-state index in [1.807, 2.05) is 0 Å². The van der Waals surface area contributed by atoms with Gasteiger partial charge in [0.05, 0.1) is 6.54 Å². The fourth-order valence-corrected chi connectivity index (χ4v) is 3.55. The third kappa shape index (κ3) is 2.92. The first-order valence-electron chi connectivity index (χ1n) is 7.30. The van der Waals surface area contributed by atoms with Crippen molar-refractivity contribution in [1.82, 2.24) is 9.13 Å². The Morgan fingerprint density at radius 3 is 2.46 bits per heavy atom. The van der Waals surface area contributed by atoms with Crippen molar-refractivity contribution in [3.63, 3.8) is 0 Å². The summed E-state index contributed by atoms with van der Waals surface area (Å²) >= 11 is 0.988. The summed E-state index contributed by atoms with van der Waals surface area (Å²) in [5.74, 6) is -4.65. The Morgan fingerprint density at radius 1 is 1.27 bits per heavy atom. The Kier molecular flexibility index (Phi) is 4.45. The summed E-state index contributed by atoms with van der Waals surface area (Å²) in [6.45, 7) is 1.05. The number of phenolic OH excluding ortho intramolecular Hbond substituents is 1. The zero-order valence-electron chi connectivity index (χ0n) is 13.3. The lowest BCUT2D eigenvalue weighted by atomic mass is 10.2. The first-order valence-corrected chi connectivity index (χ1v) is 8.29. The van der Waals surface area contributed by atoms with Crippen molar-refractivity contribution in [2.75, 3.05) is 0 Å². The molecule has 1 aliphatic rings. The van der Waals surface area contributed by atoms with Crippen molar-refractivity contribution < 1.29 is 23.8 Å². The number of rotatable bonds is 3. The number of hydrogen-bond acceptors (Lipinski definition) is 5. The number of fused-ring (bicyclic) bond motifs is 1. The zero-order chi connectivity index (χ0) is 19.2. The summed E-state index contributed by atoms with van der Waals surface area (Å²) in [5.41, 5.74) is -0.886. The Balaban J connectivity index is 2.17. The molecule has 0 saturated carbocycles. The van der Waals surface area contributed by atoms with Crippen LogP contribution in [0.2, 0.25) is 0 Å². The molecule has 2 aromatic rings. The van der Waals surface area contributed by atoms with E-state index in [4.69, 9.17) is 10.2 Å². The number of nitrogens with zero attached hydrogens (tertiary/aromatic N) is 2. The summed E-state index contributed by atoms with van der Waals surface area (Å²) in [6, 6.07) is 1.64. The number of aromatic hydroxyl groups is 1. The van der Waals surface area contributed by atoms with Gasteiger partial charge in [-0.15, -0.1) is 11.8 Å². The smallest absolute Gasteiger partial charge is 0.343 e. The van der Waals surface area contributed by atoms with Crippen LogP contribution in [0.1, 0.15) is 16.8 Å². The van der Waals surface area contributed by atoms with Crippen molar-refractivity contribution in [2.45, 2.75) is 19.2 Å². The van der Waals surface area contributed by atoms with E-state index in [0.29, 0.717) is 5.69 Å². The van der Waals surface area contributed by atoms with Crippen LogP contribution >= 0.6 is 11.8 Å². The lowest BCUT2D eigenvalue weighted by molar-refractivity contribution is -0.131. The summed E-state index contributed by atoms with van der Waals surface area (Å²) < 4.78 is 28.8. The Hall–Kier alpha value is -2.88. The van der Waals surface area contributed by atoms with E-state index < -0.39 is 41.1 Å². The molecule has 1 aliphatic heterocycles. The second kappa shape index (κ2) is 6.45. The minimum absolute atomic E-state index is 0.0374. The van der Waals surface area contributed by atoms with Crippen LogP contribution in [-0.4, -0.2) is 25.3 Å². The normalized spacial score (nSPS) is 13.3. The molecule has 1 aromatic heterocycles.